The van der Waals surface area contributed by atoms with E-state index in [9.17, 15) is 13.2 Å². The van der Waals surface area contributed by atoms with Crippen molar-refractivity contribution in [1.29, 1.82) is 0 Å². The molecule has 1 amide bonds. The molecule has 178 valence electrons. The molecule has 4 rings (SSSR count). The highest BCUT2D eigenvalue weighted by Crippen LogP contribution is 2.32. The van der Waals surface area contributed by atoms with Gasteiger partial charge < -0.3 is 14.8 Å². The third-order valence-corrected chi connectivity index (χ3v) is 8.51. The molecule has 0 unspecified atom stereocenters. The van der Waals surface area contributed by atoms with Crippen molar-refractivity contribution in [1.82, 2.24) is 14.5 Å². The molecule has 0 saturated carbocycles. The van der Waals surface area contributed by atoms with Gasteiger partial charge in [-0.3, -0.25) is 9.69 Å². The van der Waals surface area contributed by atoms with Crippen molar-refractivity contribution in [3.8, 4) is 11.5 Å². The Bertz CT molecular complexity index is 1130. The average Bonchev–Trinajstić information content (AvgIpc) is 3.24. The maximum absolute atomic E-state index is 13.3. The van der Waals surface area contributed by atoms with Crippen molar-refractivity contribution in [2.24, 2.45) is 0 Å². The quantitative estimate of drug-likeness (QED) is 0.693. The SMILES string of the molecule is Cc1cc(C)c(S(=O)(=O)N2CCN([C@H](C)C(=O)NCc3ccc4c(c3)OCO4)CC2)c(C)c1. The first kappa shape index (κ1) is 23.5. The molecule has 0 spiro atoms. The van der Waals surface area contributed by atoms with Crippen LogP contribution in [0.2, 0.25) is 0 Å². The van der Waals surface area contributed by atoms with E-state index in [1.807, 2.05) is 62.9 Å². The Morgan fingerprint density at radius 3 is 2.30 bits per heavy atom. The number of carbonyl (C=O) groups is 1. The van der Waals surface area contributed by atoms with E-state index in [1.54, 1.807) is 0 Å². The van der Waals surface area contributed by atoms with Crippen LogP contribution in [0.15, 0.2) is 35.2 Å². The van der Waals surface area contributed by atoms with Crippen molar-refractivity contribution >= 4 is 15.9 Å². The van der Waals surface area contributed by atoms with Gasteiger partial charge in [0.05, 0.1) is 10.9 Å². The lowest BCUT2D eigenvalue weighted by atomic mass is 10.1. The fourth-order valence-corrected chi connectivity index (χ4v) is 6.42. The van der Waals surface area contributed by atoms with Crippen LogP contribution in [-0.4, -0.2) is 62.5 Å². The summed E-state index contributed by atoms with van der Waals surface area (Å²) >= 11 is 0. The van der Waals surface area contributed by atoms with Crippen LogP contribution in [0.3, 0.4) is 0 Å². The minimum absolute atomic E-state index is 0.0887. The van der Waals surface area contributed by atoms with Crippen LogP contribution in [0.25, 0.3) is 0 Å². The van der Waals surface area contributed by atoms with Crippen molar-refractivity contribution < 1.29 is 22.7 Å². The molecule has 33 heavy (non-hydrogen) atoms. The Balaban J connectivity index is 1.34. The molecule has 1 fully saturated rings. The zero-order chi connectivity index (χ0) is 23.8. The number of rotatable bonds is 6. The molecule has 2 aliphatic heterocycles. The lowest BCUT2D eigenvalue weighted by molar-refractivity contribution is -0.126. The van der Waals surface area contributed by atoms with E-state index in [1.165, 1.54) is 4.31 Å². The minimum Gasteiger partial charge on any atom is -0.454 e. The van der Waals surface area contributed by atoms with Gasteiger partial charge in [-0.1, -0.05) is 23.8 Å². The molecule has 2 heterocycles. The summed E-state index contributed by atoms with van der Waals surface area (Å²) in [5.41, 5.74) is 3.52. The Labute approximate surface area is 195 Å². The first-order valence-corrected chi connectivity index (χ1v) is 12.6. The molecular weight excluding hydrogens is 442 g/mol. The van der Waals surface area contributed by atoms with Gasteiger partial charge in [0.25, 0.3) is 0 Å². The van der Waals surface area contributed by atoms with E-state index in [0.29, 0.717) is 49.1 Å². The van der Waals surface area contributed by atoms with Crippen LogP contribution >= 0.6 is 0 Å². The van der Waals surface area contributed by atoms with Crippen LogP contribution in [-0.2, 0) is 21.4 Å². The van der Waals surface area contributed by atoms with Gasteiger partial charge in [-0.15, -0.1) is 0 Å². The number of nitrogens with zero attached hydrogens (tertiary/aromatic N) is 2. The summed E-state index contributed by atoms with van der Waals surface area (Å²) in [4.78, 5) is 15.2. The zero-order valence-corrected chi connectivity index (χ0v) is 20.4. The number of benzene rings is 2. The predicted molar refractivity (Wildman–Crippen MR) is 125 cm³/mol. The van der Waals surface area contributed by atoms with Gasteiger partial charge in [0.15, 0.2) is 11.5 Å². The summed E-state index contributed by atoms with van der Waals surface area (Å²) in [5, 5.41) is 2.97. The fraction of sp³-hybridized carbons (Fsp3) is 0.458. The van der Waals surface area contributed by atoms with Gasteiger partial charge in [0.1, 0.15) is 0 Å². The molecule has 1 saturated heterocycles. The minimum atomic E-state index is -3.58. The summed E-state index contributed by atoms with van der Waals surface area (Å²) in [5.74, 6) is 1.31. The Kier molecular flexibility index (Phi) is 6.65. The van der Waals surface area contributed by atoms with Crippen LogP contribution in [0.4, 0.5) is 0 Å². The van der Waals surface area contributed by atoms with Crippen molar-refractivity contribution in [3.63, 3.8) is 0 Å². The van der Waals surface area contributed by atoms with Crippen molar-refractivity contribution in [2.45, 2.75) is 45.2 Å². The molecule has 0 bridgehead atoms. The summed E-state index contributed by atoms with van der Waals surface area (Å²) in [6.45, 7) is 9.83. The highest BCUT2D eigenvalue weighted by Gasteiger charge is 2.33. The number of sulfonamides is 1. The number of amides is 1. The Hall–Kier alpha value is -2.62. The second kappa shape index (κ2) is 9.32. The molecule has 2 aliphatic rings. The molecule has 2 aromatic rings. The van der Waals surface area contributed by atoms with Crippen LogP contribution in [0.5, 0.6) is 11.5 Å². The van der Waals surface area contributed by atoms with Gasteiger partial charge in [0.2, 0.25) is 22.7 Å². The molecule has 1 atom stereocenters. The fourth-order valence-electron chi connectivity index (χ4n) is 4.59. The highest BCUT2D eigenvalue weighted by molar-refractivity contribution is 7.89. The molecule has 0 aromatic heterocycles. The lowest BCUT2D eigenvalue weighted by Crippen LogP contribution is -2.54. The second-order valence-corrected chi connectivity index (χ2v) is 10.6. The molecule has 0 aliphatic carbocycles. The normalized spacial score (nSPS) is 17.7. The molecule has 2 aromatic carbocycles. The standard InChI is InChI=1S/C24H31N3O5S/c1-16-11-17(2)23(18(3)12-16)33(29,30)27-9-7-26(8-10-27)19(4)24(28)25-14-20-5-6-21-22(13-20)32-15-31-21/h5-6,11-13,19H,7-10,14-15H2,1-4H3,(H,25,28)/t19-/m1/s1. The smallest absolute Gasteiger partial charge is 0.243 e. The average molecular weight is 474 g/mol. The van der Waals surface area contributed by atoms with E-state index < -0.39 is 10.0 Å². The Morgan fingerprint density at radius 1 is 1.00 bits per heavy atom. The van der Waals surface area contributed by atoms with Gasteiger partial charge >= 0.3 is 0 Å². The summed E-state index contributed by atoms with van der Waals surface area (Å²) in [7, 11) is -3.58. The van der Waals surface area contributed by atoms with Crippen molar-refractivity contribution in [2.75, 3.05) is 33.0 Å². The maximum atomic E-state index is 13.3. The van der Waals surface area contributed by atoms with Gasteiger partial charge in [-0.25, -0.2) is 8.42 Å². The first-order chi connectivity index (χ1) is 15.7. The predicted octanol–water partition coefficient (Wildman–Crippen LogP) is 2.35. The molecular formula is C24H31N3O5S. The largest absolute Gasteiger partial charge is 0.454 e. The number of hydrogen-bond donors (Lipinski definition) is 1. The van der Waals surface area contributed by atoms with E-state index >= 15 is 0 Å². The lowest BCUT2D eigenvalue weighted by Gasteiger charge is -2.37. The van der Waals surface area contributed by atoms with E-state index in [-0.39, 0.29) is 18.7 Å². The number of carbonyl (C=O) groups excluding carboxylic acids is 1. The highest BCUT2D eigenvalue weighted by atomic mass is 32.2. The van der Waals surface area contributed by atoms with Gasteiger partial charge in [0, 0.05) is 32.7 Å². The topological polar surface area (TPSA) is 88.2 Å². The summed E-state index contributed by atoms with van der Waals surface area (Å²) < 4.78 is 38.8. The molecule has 8 nitrogen and oxygen atoms in total. The molecule has 0 radical (unpaired) electrons. The summed E-state index contributed by atoms with van der Waals surface area (Å²) in [6, 6.07) is 9.06. The third kappa shape index (κ3) is 4.85. The Morgan fingerprint density at radius 2 is 1.64 bits per heavy atom. The number of fused-ring (bicyclic) bond motifs is 1. The summed E-state index contributed by atoms with van der Waals surface area (Å²) in [6.07, 6.45) is 0. The van der Waals surface area contributed by atoms with E-state index in [2.05, 4.69) is 5.32 Å². The number of nitrogens with one attached hydrogen (secondary N) is 1. The third-order valence-electron chi connectivity index (χ3n) is 6.31. The van der Waals surface area contributed by atoms with E-state index in [0.717, 1.165) is 22.3 Å². The number of piperazine rings is 1. The van der Waals surface area contributed by atoms with E-state index in [4.69, 9.17) is 9.47 Å². The van der Waals surface area contributed by atoms with Crippen LogP contribution in [0, 0.1) is 20.8 Å². The van der Waals surface area contributed by atoms with Crippen LogP contribution < -0.4 is 14.8 Å². The number of hydrogen-bond acceptors (Lipinski definition) is 6. The molecule has 1 N–H and O–H groups in total. The van der Waals surface area contributed by atoms with Gasteiger partial charge in [-0.2, -0.15) is 4.31 Å². The van der Waals surface area contributed by atoms with Crippen LogP contribution in [0.1, 0.15) is 29.2 Å². The van der Waals surface area contributed by atoms with Gasteiger partial charge in [-0.05, 0) is 56.5 Å². The second-order valence-electron chi connectivity index (χ2n) is 8.75. The van der Waals surface area contributed by atoms with Crippen molar-refractivity contribution in [3.05, 3.63) is 52.6 Å². The zero-order valence-electron chi connectivity index (χ0n) is 19.6. The molecule has 9 heteroatoms. The number of ether oxygens (including phenoxy) is 2. The maximum Gasteiger partial charge on any atom is 0.243 e. The first-order valence-electron chi connectivity index (χ1n) is 11.1. The number of aryl methyl sites for hydroxylation is 3. The monoisotopic (exact) mass is 473 g/mol.